The van der Waals surface area contributed by atoms with Gasteiger partial charge in [0, 0.05) is 5.56 Å². The van der Waals surface area contributed by atoms with Gasteiger partial charge in [0.25, 0.3) is 0 Å². The minimum Gasteiger partial charge on any atom is -0.493 e. The third-order valence-corrected chi connectivity index (χ3v) is 4.52. The van der Waals surface area contributed by atoms with E-state index in [-0.39, 0.29) is 11.6 Å². The number of hydrogen-bond donors (Lipinski definition) is 0. The lowest BCUT2D eigenvalue weighted by molar-refractivity contribution is -0.129. The van der Waals surface area contributed by atoms with Crippen molar-refractivity contribution in [1.82, 2.24) is 0 Å². The Balaban J connectivity index is 2.01. The molecule has 0 saturated heterocycles. The first kappa shape index (κ1) is 19.1. The van der Waals surface area contributed by atoms with E-state index in [1.807, 2.05) is 0 Å². The topological polar surface area (TPSA) is 66.4 Å². The summed E-state index contributed by atoms with van der Waals surface area (Å²) in [6.45, 7) is 0. The number of halogens is 2. The zero-order valence-corrected chi connectivity index (χ0v) is 16.2. The van der Waals surface area contributed by atoms with Crippen molar-refractivity contribution in [3.8, 4) is 17.2 Å². The molecule has 0 N–H and O–H groups in total. The fourth-order valence-corrected chi connectivity index (χ4v) is 2.80. The van der Waals surface area contributed by atoms with Crippen molar-refractivity contribution in [1.29, 1.82) is 0 Å². The van der Waals surface area contributed by atoms with Gasteiger partial charge in [-0.2, -0.15) is 0 Å². The highest BCUT2D eigenvalue weighted by atomic mass is 35.5. The van der Waals surface area contributed by atoms with Gasteiger partial charge in [0.05, 0.1) is 31.4 Å². The van der Waals surface area contributed by atoms with Crippen LogP contribution in [0.25, 0.3) is 6.08 Å². The lowest BCUT2D eigenvalue weighted by Crippen LogP contribution is -2.06. The van der Waals surface area contributed by atoms with Crippen LogP contribution < -0.4 is 14.2 Å². The molecule has 1 aliphatic heterocycles. The zero-order valence-electron chi connectivity index (χ0n) is 14.7. The van der Waals surface area contributed by atoms with Crippen LogP contribution in [0.15, 0.2) is 41.0 Å². The summed E-state index contributed by atoms with van der Waals surface area (Å²) in [6, 6.07) is 8.30. The van der Waals surface area contributed by atoms with E-state index >= 15 is 0 Å². The number of nitrogens with zero attached hydrogens (tertiary/aromatic N) is 1. The van der Waals surface area contributed by atoms with Crippen molar-refractivity contribution in [2.24, 2.45) is 4.99 Å². The second-order valence-corrected chi connectivity index (χ2v) is 6.24. The summed E-state index contributed by atoms with van der Waals surface area (Å²) in [5, 5.41) is 0.806. The molecular weight excluding hydrogens is 393 g/mol. The summed E-state index contributed by atoms with van der Waals surface area (Å²) in [7, 11) is 4.50. The van der Waals surface area contributed by atoms with Gasteiger partial charge in [-0.3, -0.25) is 0 Å². The molecule has 27 heavy (non-hydrogen) atoms. The van der Waals surface area contributed by atoms with E-state index in [4.69, 9.17) is 42.1 Å². The molecule has 0 atom stereocenters. The maximum Gasteiger partial charge on any atom is 0.363 e. The first-order valence-corrected chi connectivity index (χ1v) is 8.50. The molecule has 6 nitrogen and oxygen atoms in total. The average molecular weight is 408 g/mol. The van der Waals surface area contributed by atoms with E-state index in [1.54, 1.807) is 36.4 Å². The predicted octanol–water partition coefficient (Wildman–Crippen LogP) is 4.36. The van der Waals surface area contributed by atoms with Gasteiger partial charge in [-0.15, -0.1) is 0 Å². The molecule has 0 radical (unpaired) electrons. The number of hydrogen-bond acceptors (Lipinski definition) is 6. The molecule has 3 rings (SSSR count). The van der Waals surface area contributed by atoms with E-state index in [2.05, 4.69) is 4.99 Å². The number of esters is 1. The maximum atomic E-state index is 12.2. The van der Waals surface area contributed by atoms with Crippen LogP contribution in [0.4, 0.5) is 0 Å². The van der Waals surface area contributed by atoms with Gasteiger partial charge in [-0.05, 0) is 35.9 Å². The third kappa shape index (κ3) is 3.86. The van der Waals surface area contributed by atoms with Crippen molar-refractivity contribution < 1.29 is 23.7 Å². The normalized spacial score (nSPS) is 14.8. The number of rotatable bonds is 5. The van der Waals surface area contributed by atoms with Crippen LogP contribution >= 0.6 is 23.2 Å². The van der Waals surface area contributed by atoms with Crippen LogP contribution in [-0.2, 0) is 9.53 Å². The quantitative estimate of drug-likeness (QED) is 0.543. The number of carbonyl (C=O) groups is 1. The molecule has 2 aromatic carbocycles. The van der Waals surface area contributed by atoms with Crippen LogP contribution in [0.1, 0.15) is 11.1 Å². The summed E-state index contributed by atoms with van der Waals surface area (Å²) in [4.78, 5) is 16.5. The van der Waals surface area contributed by atoms with Crippen LogP contribution in [-0.4, -0.2) is 33.2 Å². The molecule has 1 heterocycles. The molecule has 1 aliphatic rings. The number of aliphatic imine (C=N–C) groups is 1. The summed E-state index contributed by atoms with van der Waals surface area (Å²) < 4.78 is 21.2. The zero-order chi connectivity index (χ0) is 19.6. The monoisotopic (exact) mass is 407 g/mol. The van der Waals surface area contributed by atoms with Gasteiger partial charge in [-0.25, -0.2) is 9.79 Å². The molecule has 2 aromatic rings. The number of carbonyl (C=O) groups excluding carboxylic acids is 1. The molecule has 0 aromatic heterocycles. The summed E-state index contributed by atoms with van der Waals surface area (Å²) in [5.41, 5.74) is 1.32. The Hall–Kier alpha value is -2.70. The fourth-order valence-electron chi connectivity index (χ4n) is 2.50. The lowest BCUT2D eigenvalue weighted by Gasteiger charge is -2.13. The summed E-state index contributed by atoms with van der Waals surface area (Å²) >= 11 is 11.9. The van der Waals surface area contributed by atoms with Crippen molar-refractivity contribution in [2.75, 3.05) is 21.3 Å². The Labute approximate surface area is 165 Å². The molecule has 8 heteroatoms. The van der Waals surface area contributed by atoms with E-state index in [9.17, 15) is 4.79 Å². The Morgan fingerprint density at radius 3 is 2.19 bits per heavy atom. The van der Waals surface area contributed by atoms with Gasteiger partial charge in [0.15, 0.2) is 17.2 Å². The lowest BCUT2D eigenvalue weighted by atomic mass is 10.1. The molecule has 0 aliphatic carbocycles. The largest absolute Gasteiger partial charge is 0.493 e. The Morgan fingerprint density at radius 1 is 0.963 bits per heavy atom. The highest BCUT2D eigenvalue weighted by molar-refractivity contribution is 6.42. The van der Waals surface area contributed by atoms with E-state index in [1.165, 1.54) is 21.3 Å². The van der Waals surface area contributed by atoms with Crippen LogP contribution in [0.3, 0.4) is 0 Å². The van der Waals surface area contributed by atoms with Crippen molar-refractivity contribution in [3.63, 3.8) is 0 Å². The predicted molar refractivity (Wildman–Crippen MR) is 103 cm³/mol. The van der Waals surface area contributed by atoms with E-state index < -0.39 is 5.97 Å². The van der Waals surface area contributed by atoms with Gasteiger partial charge < -0.3 is 18.9 Å². The standard InChI is InChI=1S/C19H15Cl2NO5/c1-24-15-8-11(9-16(25-2)17(15)26-3)18-22-14(19(23)27-18)7-10-4-5-12(20)13(21)6-10/h4-9H,1-3H3. The molecule has 0 unspecified atom stereocenters. The molecule has 0 amide bonds. The van der Waals surface area contributed by atoms with Crippen LogP contribution in [0, 0.1) is 0 Å². The first-order valence-electron chi connectivity index (χ1n) is 7.74. The minimum absolute atomic E-state index is 0.130. The smallest absolute Gasteiger partial charge is 0.363 e. The van der Waals surface area contributed by atoms with Gasteiger partial charge in [0.1, 0.15) is 0 Å². The number of ether oxygens (including phenoxy) is 4. The number of benzene rings is 2. The highest BCUT2D eigenvalue weighted by Crippen LogP contribution is 2.39. The van der Waals surface area contributed by atoms with Gasteiger partial charge in [0.2, 0.25) is 11.6 Å². The number of cyclic esters (lactones) is 1. The average Bonchev–Trinajstić information content (AvgIpc) is 3.03. The van der Waals surface area contributed by atoms with Crippen LogP contribution in [0.5, 0.6) is 17.2 Å². The Kier molecular flexibility index (Phi) is 5.58. The Bertz CT molecular complexity index is 944. The van der Waals surface area contributed by atoms with E-state index in [0.717, 1.165) is 0 Å². The van der Waals surface area contributed by atoms with Crippen molar-refractivity contribution in [3.05, 3.63) is 57.2 Å². The first-order chi connectivity index (χ1) is 13.0. The molecule has 0 spiro atoms. The van der Waals surface area contributed by atoms with E-state index in [0.29, 0.717) is 38.4 Å². The minimum atomic E-state index is -0.579. The fraction of sp³-hybridized carbons (Fsp3) is 0.158. The maximum absolute atomic E-state index is 12.2. The number of methoxy groups -OCH3 is 3. The van der Waals surface area contributed by atoms with Crippen LogP contribution in [0.2, 0.25) is 10.0 Å². The Morgan fingerprint density at radius 2 is 1.63 bits per heavy atom. The SMILES string of the molecule is COc1cc(C2=NC(=Cc3ccc(Cl)c(Cl)c3)C(=O)O2)cc(OC)c1OC. The summed E-state index contributed by atoms with van der Waals surface area (Å²) in [5.74, 6) is 0.829. The molecular formula is C19H15Cl2NO5. The highest BCUT2D eigenvalue weighted by Gasteiger charge is 2.26. The second-order valence-electron chi connectivity index (χ2n) is 5.42. The second kappa shape index (κ2) is 7.90. The van der Waals surface area contributed by atoms with Gasteiger partial charge >= 0.3 is 5.97 Å². The summed E-state index contributed by atoms with van der Waals surface area (Å²) in [6.07, 6.45) is 1.57. The van der Waals surface area contributed by atoms with Crippen molar-refractivity contribution >= 4 is 41.1 Å². The molecule has 0 fully saturated rings. The van der Waals surface area contributed by atoms with Crippen molar-refractivity contribution in [2.45, 2.75) is 0 Å². The molecule has 0 saturated carbocycles. The van der Waals surface area contributed by atoms with Gasteiger partial charge in [-0.1, -0.05) is 29.3 Å². The third-order valence-electron chi connectivity index (χ3n) is 3.78. The molecule has 0 bridgehead atoms. The molecule has 140 valence electrons.